The van der Waals surface area contributed by atoms with Crippen LogP contribution in [0.3, 0.4) is 0 Å². The van der Waals surface area contributed by atoms with Gasteiger partial charge in [0.2, 0.25) is 0 Å². The number of amides is 1. The number of rotatable bonds is 9. The Bertz CT molecular complexity index is 360. The first-order valence-corrected chi connectivity index (χ1v) is 7.51. The maximum absolute atomic E-state index is 12.6. The number of carbonyl (C=O) groups excluding carboxylic acids is 1. The molecular weight excluding hydrogens is 272 g/mol. The summed E-state index contributed by atoms with van der Waals surface area (Å²) in [5.41, 5.74) is -0.392. The minimum absolute atomic E-state index is 0.0873. The van der Waals surface area contributed by atoms with Crippen LogP contribution in [0, 0.1) is 11.8 Å². The van der Waals surface area contributed by atoms with Crippen LogP contribution in [-0.4, -0.2) is 58.3 Å². The average molecular weight is 302 g/mol. The molecular formula is C15H30N2O4. The molecule has 124 valence electrons. The fourth-order valence-corrected chi connectivity index (χ4v) is 2.64. The molecule has 21 heavy (non-hydrogen) atoms. The summed E-state index contributed by atoms with van der Waals surface area (Å²) in [5.74, 6) is -1.73. The van der Waals surface area contributed by atoms with E-state index in [1.165, 1.54) is 0 Å². The van der Waals surface area contributed by atoms with E-state index < -0.39 is 17.4 Å². The van der Waals surface area contributed by atoms with Crippen LogP contribution in [0.15, 0.2) is 0 Å². The molecule has 0 spiro atoms. The summed E-state index contributed by atoms with van der Waals surface area (Å²) in [5, 5.41) is 19.2. The molecule has 0 heterocycles. The van der Waals surface area contributed by atoms with Gasteiger partial charge in [-0.3, -0.25) is 14.8 Å². The topological polar surface area (TPSA) is 81.1 Å². The molecule has 6 nitrogen and oxygen atoms in total. The molecule has 0 aromatic heterocycles. The van der Waals surface area contributed by atoms with E-state index in [2.05, 4.69) is 0 Å². The normalized spacial score (nSPS) is 17.1. The lowest BCUT2D eigenvalue weighted by Crippen LogP contribution is -2.55. The standard InChI is InChI=1S/C15H30N2O4/c1-7-11(3)13(15(4,8-2)16(5)6)14(20)17(21)10-9-12(18)19/h11,13,21H,7-10H2,1-6H3,(H,18,19). The number of nitrogens with zero attached hydrogens (tertiary/aromatic N) is 2. The van der Waals surface area contributed by atoms with Gasteiger partial charge in [-0.05, 0) is 33.4 Å². The zero-order valence-corrected chi connectivity index (χ0v) is 14.1. The van der Waals surface area contributed by atoms with Crippen molar-refractivity contribution in [3.8, 4) is 0 Å². The Labute approximate surface area is 127 Å². The van der Waals surface area contributed by atoms with E-state index in [1.54, 1.807) is 0 Å². The maximum atomic E-state index is 12.6. The van der Waals surface area contributed by atoms with E-state index in [0.717, 1.165) is 12.8 Å². The van der Waals surface area contributed by atoms with Crippen LogP contribution in [0.4, 0.5) is 0 Å². The molecule has 3 atom stereocenters. The quantitative estimate of drug-likeness (QED) is 0.503. The zero-order valence-electron chi connectivity index (χ0n) is 14.1. The molecule has 0 aromatic rings. The van der Waals surface area contributed by atoms with Crippen molar-refractivity contribution in [2.24, 2.45) is 11.8 Å². The summed E-state index contributed by atoms with van der Waals surface area (Å²) in [4.78, 5) is 25.2. The second-order valence-electron chi connectivity index (χ2n) is 6.07. The highest BCUT2D eigenvalue weighted by molar-refractivity contribution is 5.80. The number of carboxylic acids is 1. The monoisotopic (exact) mass is 302 g/mol. The van der Waals surface area contributed by atoms with Gasteiger partial charge in [-0.15, -0.1) is 0 Å². The molecule has 0 aliphatic rings. The van der Waals surface area contributed by atoms with Gasteiger partial charge < -0.3 is 10.0 Å². The lowest BCUT2D eigenvalue weighted by molar-refractivity contribution is -0.179. The van der Waals surface area contributed by atoms with Crippen LogP contribution in [0.5, 0.6) is 0 Å². The van der Waals surface area contributed by atoms with Crippen molar-refractivity contribution in [1.29, 1.82) is 0 Å². The Morgan fingerprint density at radius 1 is 1.24 bits per heavy atom. The highest BCUT2D eigenvalue weighted by Gasteiger charge is 2.43. The van der Waals surface area contributed by atoms with E-state index in [4.69, 9.17) is 5.11 Å². The summed E-state index contributed by atoms with van der Waals surface area (Å²) in [7, 11) is 3.84. The molecule has 0 saturated carbocycles. The van der Waals surface area contributed by atoms with Crippen LogP contribution in [-0.2, 0) is 9.59 Å². The minimum atomic E-state index is -1.03. The molecule has 3 unspecified atom stereocenters. The van der Waals surface area contributed by atoms with Crippen LogP contribution < -0.4 is 0 Å². The van der Waals surface area contributed by atoms with E-state index in [0.29, 0.717) is 5.06 Å². The molecule has 2 N–H and O–H groups in total. The molecule has 0 aliphatic heterocycles. The van der Waals surface area contributed by atoms with Gasteiger partial charge in [0.25, 0.3) is 5.91 Å². The highest BCUT2D eigenvalue weighted by Crippen LogP contribution is 2.35. The van der Waals surface area contributed by atoms with Crippen molar-refractivity contribution in [3.63, 3.8) is 0 Å². The largest absolute Gasteiger partial charge is 0.481 e. The van der Waals surface area contributed by atoms with Crippen LogP contribution >= 0.6 is 0 Å². The molecule has 0 saturated heterocycles. The second-order valence-corrected chi connectivity index (χ2v) is 6.07. The molecule has 0 rings (SSSR count). The van der Waals surface area contributed by atoms with Gasteiger partial charge in [-0.25, -0.2) is 5.06 Å². The predicted octanol–water partition coefficient (Wildman–Crippen LogP) is 2.07. The molecule has 0 fully saturated rings. The average Bonchev–Trinajstić information content (AvgIpc) is 2.43. The Morgan fingerprint density at radius 2 is 1.76 bits per heavy atom. The maximum Gasteiger partial charge on any atom is 0.305 e. The first-order valence-electron chi connectivity index (χ1n) is 7.51. The predicted molar refractivity (Wildman–Crippen MR) is 81.1 cm³/mol. The Kier molecular flexibility index (Phi) is 7.89. The molecule has 0 aromatic carbocycles. The van der Waals surface area contributed by atoms with Gasteiger partial charge in [-0.1, -0.05) is 27.2 Å². The number of hydroxylamine groups is 2. The van der Waals surface area contributed by atoms with Gasteiger partial charge in [0.05, 0.1) is 18.9 Å². The van der Waals surface area contributed by atoms with Crippen molar-refractivity contribution in [3.05, 3.63) is 0 Å². The first-order chi connectivity index (χ1) is 9.61. The number of aliphatic carboxylic acids is 1. The SMILES string of the molecule is CCC(C)C(C(=O)N(O)CCC(=O)O)C(C)(CC)N(C)C. The Balaban J connectivity index is 5.32. The number of hydrogen-bond donors (Lipinski definition) is 2. The lowest BCUT2D eigenvalue weighted by atomic mass is 9.73. The molecule has 0 bridgehead atoms. The Hall–Kier alpha value is -1.14. The summed E-state index contributed by atoms with van der Waals surface area (Å²) >= 11 is 0. The van der Waals surface area contributed by atoms with Gasteiger partial charge in [0.1, 0.15) is 0 Å². The second kappa shape index (κ2) is 8.34. The third-order valence-electron chi connectivity index (χ3n) is 4.68. The Morgan fingerprint density at radius 3 is 2.10 bits per heavy atom. The molecule has 0 radical (unpaired) electrons. The summed E-state index contributed by atoms with van der Waals surface area (Å²) in [6.07, 6.45) is 1.31. The molecule has 6 heteroatoms. The zero-order chi connectivity index (χ0) is 16.8. The van der Waals surface area contributed by atoms with Crippen molar-refractivity contribution < 1.29 is 19.9 Å². The van der Waals surface area contributed by atoms with Crippen molar-refractivity contribution in [2.75, 3.05) is 20.6 Å². The lowest BCUT2D eigenvalue weighted by Gasteiger charge is -2.45. The fourth-order valence-electron chi connectivity index (χ4n) is 2.64. The van der Waals surface area contributed by atoms with E-state index in [9.17, 15) is 14.8 Å². The van der Waals surface area contributed by atoms with E-state index in [-0.39, 0.29) is 24.8 Å². The van der Waals surface area contributed by atoms with Crippen LogP contribution in [0.25, 0.3) is 0 Å². The summed E-state index contributed by atoms with van der Waals surface area (Å²) in [6, 6.07) is 0. The summed E-state index contributed by atoms with van der Waals surface area (Å²) in [6.45, 7) is 7.84. The van der Waals surface area contributed by atoms with Gasteiger partial charge in [-0.2, -0.15) is 0 Å². The number of hydrogen-bond acceptors (Lipinski definition) is 4. The number of carboxylic acid groups (broad SMARTS) is 1. The van der Waals surface area contributed by atoms with Crippen molar-refractivity contribution in [1.82, 2.24) is 9.96 Å². The third-order valence-corrected chi connectivity index (χ3v) is 4.68. The molecule has 0 aliphatic carbocycles. The number of carbonyl (C=O) groups is 2. The van der Waals surface area contributed by atoms with Gasteiger partial charge in [0, 0.05) is 5.54 Å². The first kappa shape index (κ1) is 19.9. The van der Waals surface area contributed by atoms with Crippen LogP contribution in [0.2, 0.25) is 0 Å². The highest BCUT2D eigenvalue weighted by atomic mass is 16.5. The smallest absolute Gasteiger partial charge is 0.305 e. The van der Waals surface area contributed by atoms with Gasteiger partial charge >= 0.3 is 5.97 Å². The van der Waals surface area contributed by atoms with Crippen molar-refractivity contribution in [2.45, 2.75) is 52.5 Å². The van der Waals surface area contributed by atoms with Crippen LogP contribution in [0.1, 0.15) is 47.0 Å². The summed E-state index contributed by atoms with van der Waals surface area (Å²) < 4.78 is 0. The molecule has 1 amide bonds. The van der Waals surface area contributed by atoms with E-state index in [1.807, 2.05) is 46.7 Å². The van der Waals surface area contributed by atoms with E-state index >= 15 is 0 Å². The minimum Gasteiger partial charge on any atom is -0.481 e. The van der Waals surface area contributed by atoms with Gasteiger partial charge in [0.15, 0.2) is 0 Å². The van der Waals surface area contributed by atoms with Crippen molar-refractivity contribution >= 4 is 11.9 Å². The fraction of sp³-hybridized carbons (Fsp3) is 0.867. The third kappa shape index (κ3) is 4.97.